The van der Waals surface area contributed by atoms with Crippen LogP contribution in [-0.4, -0.2) is 14.2 Å². The summed E-state index contributed by atoms with van der Waals surface area (Å²) in [6.07, 6.45) is 6.77. The normalized spacial score (nSPS) is 18.6. The van der Waals surface area contributed by atoms with Gasteiger partial charge in [-0.15, -0.1) is 0 Å². The fraction of sp³-hybridized carbons (Fsp3) is 0.600. The van der Waals surface area contributed by atoms with E-state index >= 15 is 0 Å². The molecule has 18 heavy (non-hydrogen) atoms. The molecule has 1 aliphatic rings. The van der Waals surface area contributed by atoms with Crippen molar-refractivity contribution in [3.8, 4) is 5.75 Å². The van der Waals surface area contributed by atoms with Crippen LogP contribution in [0.25, 0.3) is 0 Å². The maximum atomic E-state index is 5.53. The molecule has 2 rings (SSSR count). The Balaban J connectivity index is 2.25. The molecule has 0 aromatic heterocycles. The van der Waals surface area contributed by atoms with Gasteiger partial charge in [-0.25, -0.2) is 0 Å². The first-order valence-corrected chi connectivity index (χ1v) is 7.56. The quantitative estimate of drug-likeness (QED) is 0.895. The molecule has 0 aliphatic heterocycles. The Morgan fingerprint density at radius 3 is 2.61 bits per heavy atom. The fourth-order valence-corrected chi connectivity index (χ4v) is 3.39. The molecule has 100 valence electrons. The van der Waals surface area contributed by atoms with Crippen LogP contribution < -0.4 is 10.1 Å². The zero-order valence-electron chi connectivity index (χ0n) is 11.2. The first kappa shape index (κ1) is 13.9. The lowest BCUT2D eigenvalue weighted by Crippen LogP contribution is -2.27. The molecule has 1 N–H and O–H groups in total. The van der Waals surface area contributed by atoms with Gasteiger partial charge in [-0.1, -0.05) is 41.3 Å². The van der Waals surface area contributed by atoms with E-state index in [1.165, 1.54) is 37.7 Å². The lowest BCUT2D eigenvalue weighted by Gasteiger charge is -2.31. The van der Waals surface area contributed by atoms with Gasteiger partial charge in [-0.3, -0.25) is 0 Å². The predicted octanol–water partition coefficient (Wildman–Crippen LogP) is 4.30. The van der Waals surface area contributed by atoms with Gasteiger partial charge >= 0.3 is 0 Å². The first-order valence-electron chi connectivity index (χ1n) is 6.77. The Bertz CT molecular complexity index is 388. The van der Waals surface area contributed by atoms with Crippen LogP contribution in [0.15, 0.2) is 22.7 Å². The van der Waals surface area contributed by atoms with Crippen molar-refractivity contribution in [2.75, 3.05) is 14.2 Å². The maximum Gasteiger partial charge on any atom is 0.124 e. The van der Waals surface area contributed by atoms with Gasteiger partial charge in [-0.05, 0) is 37.9 Å². The molecule has 1 unspecified atom stereocenters. The maximum absolute atomic E-state index is 5.53. The van der Waals surface area contributed by atoms with Crippen molar-refractivity contribution >= 4 is 15.9 Å². The minimum absolute atomic E-state index is 0.411. The highest BCUT2D eigenvalue weighted by Crippen LogP contribution is 2.38. The molecule has 1 atom stereocenters. The molecule has 1 aromatic rings. The van der Waals surface area contributed by atoms with Crippen LogP contribution >= 0.6 is 15.9 Å². The smallest absolute Gasteiger partial charge is 0.124 e. The van der Waals surface area contributed by atoms with Gasteiger partial charge in [-0.2, -0.15) is 0 Å². The van der Waals surface area contributed by atoms with Crippen LogP contribution in [0.3, 0.4) is 0 Å². The van der Waals surface area contributed by atoms with Crippen molar-refractivity contribution in [1.29, 1.82) is 0 Å². The Morgan fingerprint density at radius 2 is 2.00 bits per heavy atom. The standard InChI is InChI=1S/C15H22BrNO/c1-17-15(11-6-4-3-5-7-11)13-9-8-12(16)10-14(13)18-2/h8-11,15,17H,3-7H2,1-2H3. The Kier molecular flexibility index (Phi) is 5.07. The fourth-order valence-electron chi connectivity index (χ4n) is 3.05. The van der Waals surface area contributed by atoms with Crippen LogP contribution in [0.1, 0.15) is 43.7 Å². The molecule has 1 saturated carbocycles. The number of hydrogen-bond donors (Lipinski definition) is 1. The highest BCUT2D eigenvalue weighted by atomic mass is 79.9. The summed E-state index contributed by atoms with van der Waals surface area (Å²) in [5.41, 5.74) is 1.29. The lowest BCUT2D eigenvalue weighted by molar-refractivity contribution is 0.275. The molecule has 0 bridgehead atoms. The molecule has 0 radical (unpaired) electrons. The number of hydrogen-bond acceptors (Lipinski definition) is 2. The van der Waals surface area contributed by atoms with E-state index in [1.807, 2.05) is 0 Å². The van der Waals surface area contributed by atoms with E-state index in [2.05, 4.69) is 46.5 Å². The van der Waals surface area contributed by atoms with Crippen LogP contribution in [0.5, 0.6) is 5.75 Å². The third-order valence-electron chi connectivity index (χ3n) is 3.96. The monoisotopic (exact) mass is 311 g/mol. The number of benzene rings is 1. The largest absolute Gasteiger partial charge is 0.496 e. The van der Waals surface area contributed by atoms with Gasteiger partial charge in [0.15, 0.2) is 0 Å². The lowest BCUT2D eigenvalue weighted by atomic mass is 9.81. The number of methoxy groups -OCH3 is 1. The van der Waals surface area contributed by atoms with Gasteiger partial charge < -0.3 is 10.1 Å². The van der Waals surface area contributed by atoms with E-state index < -0.39 is 0 Å². The molecule has 0 spiro atoms. The Morgan fingerprint density at radius 1 is 1.28 bits per heavy atom. The van der Waals surface area contributed by atoms with Gasteiger partial charge in [0.2, 0.25) is 0 Å². The van der Waals surface area contributed by atoms with Crippen LogP contribution in [0.4, 0.5) is 0 Å². The summed E-state index contributed by atoms with van der Waals surface area (Å²) in [7, 11) is 3.81. The molecule has 1 fully saturated rings. The summed E-state index contributed by atoms with van der Waals surface area (Å²) in [5.74, 6) is 1.72. The van der Waals surface area contributed by atoms with E-state index in [0.717, 1.165) is 16.1 Å². The molecule has 0 saturated heterocycles. The molecule has 1 aliphatic carbocycles. The third kappa shape index (κ3) is 3.07. The summed E-state index contributed by atoms with van der Waals surface area (Å²) in [6, 6.07) is 6.75. The van der Waals surface area contributed by atoms with E-state index in [4.69, 9.17) is 4.74 Å². The van der Waals surface area contributed by atoms with Gasteiger partial charge in [0.1, 0.15) is 5.75 Å². The average molecular weight is 312 g/mol. The first-order chi connectivity index (χ1) is 8.76. The SMILES string of the molecule is CNC(c1ccc(Br)cc1OC)C1CCCCC1. The predicted molar refractivity (Wildman–Crippen MR) is 79.1 cm³/mol. The number of ether oxygens (including phenoxy) is 1. The molecule has 0 heterocycles. The molecule has 2 nitrogen and oxygen atoms in total. The summed E-state index contributed by atoms with van der Waals surface area (Å²) in [4.78, 5) is 0. The highest BCUT2D eigenvalue weighted by molar-refractivity contribution is 9.10. The van der Waals surface area contributed by atoms with E-state index in [1.54, 1.807) is 7.11 Å². The van der Waals surface area contributed by atoms with Gasteiger partial charge in [0, 0.05) is 16.1 Å². The van der Waals surface area contributed by atoms with Crippen LogP contribution in [0.2, 0.25) is 0 Å². The van der Waals surface area contributed by atoms with Crippen molar-refractivity contribution in [2.45, 2.75) is 38.1 Å². The van der Waals surface area contributed by atoms with Crippen LogP contribution in [0, 0.1) is 5.92 Å². The molecular weight excluding hydrogens is 290 g/mol. The minimum atomic E-state index is 0.411. The molecule has 0 amide bonds. The van der Waals surface area contributed by atoms with Crippen molar-refractivity contribution in [2.24, 2.45) is 5.92 Å². The van der Waals surface area contributed by atoms with E-state index in [0.29, 0.717) is 6.04 Å². The van der Waals surface area contributed by atoms with Crippen molar-refractivity contribution in [3.63, 3.8) is 0 Å². The second kappa shape index (κ2) is 6.58. The van der Waals surface area contributed by atoms with E-state index in [9.17, 15) is 0 Å². The summed E-state index contributed by atoms with van der Waals surface area (Å²) in [6.45, 7) is 0. The zero-order chi connectivity index (χ0) is 13.0. The van der Waals surface area contributed by atoms with Crippen molar-refractivity contribution in [1.82, 2.24) is 5.32 Å². The topological polar surface area (TPSA) is 21.3 Å². The van der Waals surface area contributed by atoms with Gasteiger partial charge in [0.25, 0.3) is 0 Å². The minimum Gasteiger partial charge on any atom is -0.496 e. The van der Waals surface area contributed by atoms with E-state index in [-0.39, 0.29) is 0 Å². The Hall–Kier alpha value is -0.540. The highest BCUT2D eigenvalue weighted by Gasteiger charge is 2.25. The second-order valence-electron chi connectivity index (χ2n) is 5.05. The second-order valence-corrected chi connectivity index (χ2v) is 5.97. The molecular formula is C15H22BrNO. The van der Waals surface area contributed by atoms with Gasteiger partial charge in [0.05, 0.1) is 7.11 Å². The Labute approximate surface area is 118 Å². The summed E-state index contributed by atoms with van der Waals surface area (Å²) in [5, 5.41) is 3.49. The van der Waals surface area contributed by atoms with Crippen molar-refractivity contribution in [3.05, 3.63) is 28.2 Å². The third-order valence-corrected chi connectivity index (χ3v) is 4.46. The zero-order valence-corrected chi connectivity index (χ0v) is 12.8. The van der Waals surface area contributed by atoms with Crippen LogP contribution in [-0.2, 0) is 0 Å². The number of rotatable bonds is 4. The molecule has 3 heteroatoms. The number of halogens is 1. The molecule has 1 aromatic carbocycles. The summed E-state index contributed by atoms with van der Waals surface area (Å²) >= 11 is 3.50. The summed E-state index contributed by atoms with van der Waals surface area (Å²) < 4.78 is 6.60. The van der Waals surface area contributed by atoms with Crippen molar-refractivity contribution < 1.29 is 4.74 Å². The number of nitrogens with one attached hydrogen (secondary N) is 1. The average Bonchev–Trinajstić information content (AvgIpc) is 2.42.